The van der Waals surface area contributed by atoms with E-state index < -0.39 is 13.5 Å². The van der Waals surface area contributed by atoms with Crippen LogP contribution in [0.3, 0.4) is 0 Å². The number of pyridine rings is 1. The van der Waals surface area contributed by atoms with E-state index in [0.717, 1.165) is 31.9 Å². The third-order valence-corrected chi connectivity index (χ3v) is 6.45. The van der Waals surface area contributed by atoms with Gasteiger partial charge in [0.1, 0.15) is 11.6 Å². The molecule has 0 radical (unpaired) electrons. The first-order valence-corrected chi connectivity index (χ1v) is 12.1. The first-order chi connectivity index (χ1) is 13.7. The second-order valence-electron chi connectivity index (χ2n) is 7.95. The number of nitrogens with one attached hydrogen (secondary N) is 1. The predicted molar refractivity (Wildman–Crippen MR) is 109 cm³/mol. The van der Waals surface area contributed by atoms with E-state index in [2.05, 4.69) is 4.98 Å². The molecule has 0 aliphatic heterocycles. The number of aliphatic hydroxyl groups excluding tert-OH is 1. The van der Waals surface area contributed by atoms with Crippen molar-refractivity contribution in [1.82, 2.24) is 4.98 Å². The summed E-state index contributed by atoms with van der Waals surface area (Å²) >= 11 is 0. The fraction of sp³-hybridized carbons (Fsp3) is 0.476. The van der Waals surface area contributed by atoms with Crippen LogP contribution < -0.4 is 10.3 Å². The zero-order valence-corrected chi connectivity index (χ0v) is 17.3. The molecule has 2 atom stereocenters. The molecular formula is C21H27FNO5P. The fourth-order valence-corrected chi connectivity index (χ4v) is 4.73. The molecular weight excluding hydrogens is 396 g/mol. The Morgan fingerprint density at radius 1 is 1.28 bits per heavy atom. The first kappa shape index (κ1) is 21.8. The van der Waals surface area contributed by atoms with E-state index in [-0.39, 0.29) is 23.5 Å². The highest BCUT2D eigenvalue weighted by Crippen LogP contribution is 2.40. The molecule has 1 fully saturated rings. The van der Waals surface area contributed by atoms with Crippen molar-refractivity contribution >= 4 is 7.37 Å². The van der Waals surface area contributed by atoms with Gasteiger partial charge in [0.25, 0.3) is 0 Å². The van der Waals surface area contributed by atoms with Crippen molar-refractivity contribution in [3.63, 3.8) is 0 Å². The minimum absolute atomic E-state index is 0.0511. The van der Waals surface area contributed by atoms with E-state index in [1.165, 1.54) is 12.7 Å². The quantitative estimate of drug-likeness (QED) is 0.589. The second-order valence-corrected chi connectivity index (χ2v) is 10.4. The van der Waals surface area contributed by atoms with Gasteiger partial charge in [-0.15, -0.1) is 0 Å². The van der Waals surface area contributed by atoms with Crippen LogP contribution in [-0.2, 0) is 4.57 Å². The van der Waals surface area contributed by atoms with Crippen molar-refractivity contribution < 1.29 is 23.7 Å². The van der Waals surface area contributed by atoms with E-state index in [4.69, 9.17) is 4.74 Å². The standard InChI is InChI=1S/C21H27FNO5P/c1-29(26,27)13-20(24)16-3-2-4-17(9-16)28-12-14-5-7-15(8-6-14)18-10-21(25)23-11-19(18)22/h2-4,9-11,14-15,20,24H,5-8,12-13H2,1H3,(H,23,25)(H,26,27)/t14?,15?,20-/m1/s1. The number of aromatic nitrogens is 1. The number of aliphatic hydroxyl groups is 1. The summed E-state index contributed by atoms with van der Waals surface area (Å²) in [6.07, 6.45) is 3.27. The SMILES string of the molecule is CP(=O)(O)C[C@@H](O)c1cccc(OCC2CCC(c3cc(=O)[nH]cc3F)CC2)c1. The molecule has 6 nitrogen and oxygen atoms in total. The number of H-pyrrole nitrogens is 1. The van der Waals surface area contributed by atoms with Gasteiger partial charge in [-0.3, -0.25) is 9.36 Å². The Morgan fingerprint density at radius 2 is 2.00 bits per heavy atom. The summed E-state index contributed by atoms with van der Waals surface area (Å²) in [5.41, 5.74) is 0.758. The maximum Gasteiger partial charge on any atom is 0.248 e. The largest absolute Gasteiger partial charge is 0.493 e. The van der Waals surface area contributed by atoms with Crippen LogP contribution in [0.5, 0.6) is 5.75 Å². The summed E-state index contributed by atoms with van der Waals surface area (Å²) in [6.45, 7) is 1.74. The Bertz CT molecular complexity index is 933. The summed E-state index contributed by atoms with van der Waals surface area (Å²) in [5.74, 6) is 0.626. The maximum atomic E-state index is 14.0. The summed E-state index contributed by atoms with van der Waals surface area (Å²) in [6, 6.07) is 8.29. The number of benzene rings is 1. The first-order valence-electron chi connectivity index (χ1n) is 9.79. The third-order valence-electron chi connectivity index (χ3n) is 5.43. The van der Waals surface area contributed by atoms with Crippen LogP contribution >= 0.6 is 7.37 Å². The number of hydrogen-bond acceptors (Lipinski definition) is 4. The van der Waals surface area contributed by atoms with Crippen LogP contribution in [0.1, 0.15) is 48.8 Å². The van der Waals surface area contributed by atoms with E-state index >= 15 is 0 Å². The van der Waals surface area contributed by atoms with Gasteiger partial charge in [-0.1, -0.05) is 12.1 Å². The van der Waals surface area contributed by atoms with Gasteiger partial charge >= 0.3 is 0 Å². The molecule has 1 aliphatic rings. The third kappa shape index (κ3) is 6.26. The Kier molecular flexibility index (Phi) is 6.93. The second kappa shape index (κ2) is 9.24. The van der Waals surface area contributed by atoms with Gasteiger partial charge in [0.2, 0.25) is 12.9 Å². The topological polar surface area (TPSA) is 99.6 Å². The average molecular weight is 423 g/mol. The molecule has 0 spiro atoms. The van der Waals surface area contributed by atoms with Gasteiger partial charge in [0.05, 0.1) is 18.9 Å². The Labute approximate surface area is 169 Å². The molecule has 1 aromatic heterocycles. The van der Waals surface area contributed by atoms with Gasteiger partial charge in [0.15, 0.2) is 0 Å². The van der Waals surface area contributed by atoms with Crippen molar-refractivity contribution in [2.45, 2.75) is 37.7 Å². The van der Waals surface area contributed by atoms with Crippen LogP contribution in [0.2, 0.25) is 0 Å². The fourth-order valence-electron chi connectivity index (χ4n) is 3.87. The van der Waals surface area contributed by atoms with Crippen LogP contribution in [0.25, 0.3) is 0 Å². The Hall–Kier alpha value is -1.95. The highest BCUT2D eigenvalue weighted by Gasteiger charge is 2.25. The normalized spacial score (nSPS) is 22.6. The van der Waals surface area contributed by atoms with Crippen LogP contribution in [0, 0.1) is 11.7 Å². The Morgan fingerprint density at radius 3 is 2.69 bits per heavy atom. The zero-order chi connectivity index (χ0) is 21.0. The summed E-state index contributed by atoms with van der Waals surface area (Å²) < 4.78 is 31.4. The predicted octanol–water partition coefficient (Wildman–Crippen LogP) is 3.80. The molecule has 2 aromatic rings. The number of aromatic amines is 1. The molecule has 158 valence electrons. The molecule has 8 heteroatoms. The van der Waals surface area contributed by atoms with Gasteiger partial charge in [0, 0.05) is 18.9 Å². The van der Waals surface area contributed by atoms with Crippen LogP contribution in [0.15, 0.2) is 41.3 Å². The van der Waals surface area contributed by atoms with Gasteiger partial charge in [-0.25, -0.2) is 4.39 Å². The summed E-state index contributed by atoms with van der Waals surface area (Å²) in [5, 5.41) is 10.1. The smallest absolute Gasteiger partial charge is 0.248 e. The molecule has 1 saturated carbocycles. The monoisotopic (exact) mass is 423 g/mol. The van der Waals surface area contributed by atoms with E-state index in [1.54, 1.807) is 24.3 Å². The molecule has 0 amide bonds. The average Bonchev–Trinajstić information content (AvgIpc) is 2.68. The highest BCUT2D eigenvalue weighted by atomic mass is 31.2. The minimum Gasteiger partial charge on any atom is -0.493 e. The van der Waals surface area contributed by atoms with Gasteiger partial charge in [-0.05, 0) is 60.8 Å². The molecule has 1 unspecified atom stereocenters. The highest BCUT2D eigenvalue weighted by molar-refractivity contribution is 7.57. The summed E-state index contributed by atoms with van der Waals surface area (Å²) in [7, 11) is -3.32. The zero-order valence-electron chi connectivity index (χ0n) is 16.4. The van der Waals surface area contributed by atoms with Gasteiger partial charge < -0.3 is 19.7 Å². The lowest BCUT2D eigenvalue weighted by molar-refractivity contribution is 0.191. The lowest BCUT2D eigenvalue weighted by Gasteiger charge is -2.28. The number of hydrogen-bond donors (Lipinski definition) is 3. The molecule has 3 N–H and O–H groups in total. The van der Waals surface area contributed by atoms with E-state index in [1.807, 2.05) is 0 Å². The van der Waals surface area contributed by atoms with Crippen LogP contribution in [0.4, 0.5) is 4.39 Å². The van der Waals surface area contributed by atoms with E-state index in [9.17, 15) is 23.7 Å². The lowest BCUT2D eigenvalue weighted by atomic mass is 9.79. The lowest BCUT2D eigenvalue weighted by Crippen LogP contribution is -2.21. The molecule has 3 rings (SSSR count). The molecule has 0 saturated heterocycles. The van der Waals surface area contributed by atoms with Gasteiger partial charge in [-0.2, -0.15) is 0 Å². The molecule has 0 bridgehead atoms. The minimum atomic E-state index is -3.32. The van der Waals surface area contributed by atoms with Crippen LogP contribution in [-0.4, -0.2) is 34.4 Å². The summed E-state index contributed by atoms with van der Waals surface area (Å²) in [4.78, 5) is 23.3. The van der Waals surface area contributed by atoms with Crippen molar-refractivity contribution in [2.24, 2.45) is 5.92 Å². The number of halogens is 1. The van der Waals surface area contributed by atoms with E-state index in [0.29, 0.717) is 29.4 Å². The number of ether oxygens (including phenoxy) is 1. The van der Waals surface area contributed by atoms with Crippen molar-refractivity contribution in [3.8, 4) is 5.75 Å². The molecule has 1 heterocycles. The number of rotatable bonds is 7. The molecule has 29 heavy (non-hydrogen) atoms. The maximum absolute atomic E-state index is 14.0. The van der Waals surface area contributed by atoms with Crippen molar-refractivity contribution in [1.29, 1.82) is 0 Å². The molecule has 1 aromatic carbocycles. The van der Waals surface area contributed by atoms with Crippen molar-refractivity contribution in [2.75, 3.05) is 19.4 Å². The van der Waals surface area contributed by atoms with Crippen molar-refractivity contribution in [3.05, 3.63) is 63.8 Å². The Balaban J connectivity index is 1.53. The molecule has 1 aliphatic carbocycles.